The van der Waals surface area contributed by atoms with Gasteiger partial charge in [0.25, 0.3) is 15.9 Å². The van der Waals surface area contributed by atoms with Gasteiger partial charge in [-0.25, -0.2) is 8.42 Å². The van der Waals surface area contributed by atoms with Crippen molar-refractivity contribution in [1.29, 1.82) is 0 Å². The molecule has 0 bridgehead atoms. The van der Waals surface area contributed by atoms with Crippen molar-refractivity contribution in [1.82, 2.24) is 0 Å². The monoisotopic (exact) mass is 464 g/mol. The molecule has 3 aromatic carbocycles. The molecule has 0 radical (unpaired) electrons. The fraction of sp³-hybridized carbons (Fsp3) is 0.136. The Morgan fingerprint density at radius 3 is 2.25 bits per heavy atom. The predicted molar refractivity (Wildman–Crippen MR) is 114 cm³/mol. The Morgan fingerprint density at radius 2 is 1.59 bits per heavy atom. The van der Waals surface area contributed by atoms with Crippen molar-refractivity contribution < 1.29 is 31.1 Å². The minimum atomic E-state index is -4.91. The van der Waals surface area contributed by atoms with Gasteiger partial charge in [-0.15, -0.1) is 13.2 Å². The lowest BCUT2D eigenvalue weighted by Crippen LogP contribution is -2.19. The molecule has 32 heavy (non-hydrogen) atoms. The predicted octanol–water partition coefficient (Wildman–Crippen LogP) is 5.26. The van der Waals surface area contributed by atoms with Gasteiger partial charge in [0.05, 0.1) is 10.6 Å². The van der Waals surface area contributed by atoms with Gasteiger partial charge in [0.15, 0.2) is 5.75 Å². The first-order valence-electron chi connectivity index (χ1n) is 9.31. The maximum Gasteiger partial charge on any atom is 0.573 e. The molecule has 0 spiro atoms. The number of carbonyl (C=O) groups is 1. The lowest BCUT2D eigenvalue weighted by atomic mass is 10.2. The number of sulfonamides is 1. The highest BCUT2D eigenvalue weighted by atomic mass is 32.2. The zero-order chi connectivity index (χ0) is 23.5. The molecule has 2 N–H and O–H groups in total. The molecule has 0 aliphatic carbocycles. The number of hydrogen-bond acceptors (Lipinski definition) is 4. The van der Waals surface area contributed by atoms with E-state index in [1.54, 1.807) is 32.0 Å². The van der Waals surface area contributed by atoms with Crippen LogP contribution in [0.1, 0.15) is 21.5 Å². The highest BCUT2D eigenvalue weighted by Gasteiger charge is 2.32. The zero-order valence-electron chi connectivity index (χ0n) is 17.0. The van der Waals surface area contributed by atoms with Crippen molar-refractivity contribution in [2.24, 2.45) is 0 Å². The van der Waals surface area contributed by atoms with Gasteiger partial charge in [0.2, 0.25) is 0 Å². The van der Waals surface area contributed by atoms with Crippen molar-refractivity contribution in [3.8, 4) is 5.75 Å². The van der Waals surface area contributed by atoms with E-state index >= 15 is 0 Å². The van der Waals surface area contributed by atoms with Crippen LogP contribution in [0.2, 0.25) is 0 Å². The van der Waals surface area contributed by atoms with Gasteiger partial charge in [0, 0.05) is 11.3 Å². The number of alkyl halides is 3. The summed E-state index contributed by atoms with van der Waals surface area (Å²) in [6.45, 7) is 3.46. The third kappa shape index (κ3) is 5.79. The third-order valence-electron chi connectivity index (χ3n) is 4.39. The van der Waals surface area contributed by atoms with Crippen LogP contribution < -0.4 is 14.8 Å². The summed E-state index contributed by atoms with van der Waals surface area (Å²) >= 11 is 0. The summed E-state index contributed by atoms with van der Waals surface area (Å²) in [6, 6.07) is 15.7. The number of halogens is 3. The summed E-state index contributed by atoms with van der Waals surface area (Å²) < 4.78 is 69.4. The van der Waals surface area contributed by atoms with E-state index in [-0.39, 0.29) is 21.8 Å². The summed E-state index contributed by atoms with van der Waals surface area (Å²) in [5.74, 6) is -1.24. The number of benzene rings is 3. The molecular formula is C22H19F3N2O4S. The van der Waals surface area contributed by atoms with Crippen molar-refractivity contribution >= 4 is 27.3 Å². The van der Waals surface area contributed by atoms with Gasteiger partial charge in [0.1, 0.15) is 0 Å². The van der Waals surface area contributed by atoms with E-state index in [2.05, 4.69) is 14.8 Å². The lowest BCUT2D eigenvalue weighted by Gasteiger charge is -2.14. The molecule has 0 fully saturated rings. The van der Waals surface area contributed by atoms with Gasteiger partial charge in [-0.1, -0.05) is 24.3 Å². The average Bonchev–Trinajstić information content (AvgIpc) is 2.70. The summed E-state index contributed by atoms with van der Waals surface area (Å²) in [5.41, 5.74) is 1.55. The molecule has 3 aromatic rings. The lowest BCUT2D eigenvalue weighted by molar-refractivity contribution is -0.274. The maximum atomic E-state index is 12.7. The van der Waals surface area contributed by atoms with E-state index in [1.165, 1.54) is 42.5 Å². The van der Waals surface area contributed by atoms with E-state index < -0.39 is 28.0 Å². The first kappa shape index (κ1) is 23.1. The topological polar surface area (TPSA) is 84.5 Å². The van der Waals surface area contributed by atoms with Crippen LogP contribution in [0.3, 0.4) is 0 Å². The Labute approximate surface area is 183 Å². The largest absolute Gasteiger partial charge is 0.573 e. The maximum absolute atomic E-state index is 12.7. The summed E-state index contributed by atoms with van der Waals surface area (Å²) in [7, 11) is -3.84. The van der Waals surface area contributed by atoms with Gasteiger partial charge >= 0.3 is 6.36 Å². The van der Waals surface area contributed by atoms with Crippen LogP contribution in [0.15, 0.2) is 71.6 Å². The van der Waals surface area contributed by atoms with Crippen LogP contribution >= 0.6 is 0 Å². The van der Waals surface area contributed by atoms with Gasteiger partial charge < -0.3 is 10.1 Å². The zero-order valence-corrected chi connectivity index (χ0v) is 17.8. The number of rotatable bonds is 6. The first-order chi connectivity index (χ1) is 14.9. The second-order valence-corrected chi connectivity index (χ2v) is 8.60. The molecular weight excluding hydrogens is 445 g/mol. The molecule has 0 aromatic heterocycles. The second-order valence-electron chi connectivity index (χ2n) is 6.95. The highest BCUT2D eigenvalue weighted by Crippen LogP contribution is 2.30. The Kier molecular flexibility index (Phi) is 6.45. The molecule has 0 unspecified atom stereocenters. The van der Waals surface area contributed by atoms with Gasteiger partial charge in [-0.3, -0.25) is 9.52 Å². The Balaban J connectivity index is 1.75. The number of aryl methyl sites for hydroxylation is 2. The Morgan fingerprint density at radius 1 is 0.938 bits per heavy atom. The van der Waals surface area contributed by atoms with E-state index in [9.17, 15) is 26.4 Å². The molecule has 1 amide bonds. The molecule has 3 rings (SSSR count). The Bertz CT molecular complexity index is 1240. The van der Waals surface area contributed by atoms with Crippen LogP contribution in [0.4, 0.5) is 24.5 Å². The van der Waals surface area contributed by atoms with Crippen LogP contribution in [-0.4, -0.2) is 20.7 Å². The molecule has 6 nitrogen and oxygen atoms in total. The van der Waals surface area contributed by atoms with Crippen molar-refractivity contribution in [2.45, 2.75) is 25.1 Å². The molecule has 0 atom stereocenters. The minimum Gasteiger partial charge on any atom is -0.404 e. The molecule has 168 valence electrons. The van der Waals surface area contributed by atoms with E-state index in [0.29, 0.717) is 5.56 Å². The number of para-hydroxylation sites is 2. The summed E-state index contributed by atoms with van der Waals surface area (Å²) in [6.07, 6.45) is -4.91. The van der Waals surface area contributed by atoms with Crippen molar-refractivity contribution in [2.75, 3.05) is 10.0 Å². The SMILES string of the molecule is Cc1ccc(C)c(S(=O)(=O)Nc2ccc(C(=O)Nc3ccccc3OC(F)(F)F)cc2)c1. The summed E-state index contributed by atoms with van der Waals surface area (Å²) in [4.78, 5) is 12.6. The number of carbonyl (C=O) groups excluding carboxylic acids is 1. The number of hydrogen-bond donors (Lipinski definition) is 2. The number of amides is 1. The van der Waals surface area contributed by atoms with Gasteiger partial charge in [-0.05, 0) is 67.4 Å². The van der Waals surface area contributed by atoms with Crippen molar-refractivity contribution in [3.63, 3.8) is 0 Å². The molecule has 10 heteroatoms. The van der Waals surface area contributed by atoms with Crippen molar-refractivity contribution in [3.05, 3.63) is 83.4 Å². The standard InChI is InChI=1S/C22H19F3N2O4S/c1-14-7-8-15(2)20(13-14)32(29,30)27-17-11-9-16(10-12-17)21(28)26-18-5-3-4-6-19(18)31-22(23,24)25/h3-13,27H,1-2H3,(H,26,28). The average molecular weight is 464 g/mol. The Hall–Kier alpha value is -3.53. The first-order valence-corrected chi connectivity index (χ1v) is 10.8. The third-order valence-corrected chi connectivity index (χ3v) is 5.92. The number of ether oxygens (including phenoxy) is 1. The fourth-order valence-electron chi connectivity index (χ4n) is 2.87. The highest BCUT2D eigenvalue weighted by molar-refractivity contribution is 7.92. The second kappa shape index (κ2) is 8.91. The normalized spacial score (nSPS) is 11.7. The van der Waals surface area contributed by atoms with Crippen LogP contribution in [0.5, 0.6) is 5.75 Å². The smallest absolute Gasteiger partial charge is 0.404 e. The van der Waals surface area contributed by atoms with Crippen LogP contribution in [0, 0.1) is 13.8 Å². The minimum absolute atomic E-state index is 0.112. The van der Waals surface area contributed by atoms with Gasteiger partial charge in [-0.2, -0.15) is 0 Å². The molecule has 0 aliphatic heterocycles. The van der Waals surface area contributed by atoms with E-state index in [4.69, 9.17) is 0 Å². The van der Waals surface area contributed by atoms with E-state index in [1.807, 2.05) is 0 Å². The van der Waals surface area contributed by atoms with Crippen LogP contribution in [-0.2, 0) is 10.0 Å². The quantitative estimate of drug-likeness (QED) is 0.522. The fourth-order valence-corrected chi connectivity index (χ4v) is 4.26. The van der Waals surface area contributed by atoms with Crippen LogP contribution in [0.25, 0.3) is 0 Å². The molecule has 0 aliphatic rings. The number of nitrogens with one attached hydrogen (secondary N) is 2. The molecule has 0 heterocycles. The molecule has 0 saturated carbocycles. The summed E-state index contributed by atoms with van der Waals surface area (Å²) in [5, 5.41) is 2.35. The molecule has 0 saturated heterocycles. The van der Waals surface area contributed by atoms with E-state index in [0.717, 1.165) is 11.6 Å². The number of anilines is 2.